The molecule has 0 aliphatic heterocycles. The quantitative estimate of drug-likeness (QED) is 0.284. The van der Waals surface area contributed by atoms with Crippen molar-refractivity contribution in [3.8, 4) is 0 Å². The normalized spacial score (nSPS) is 12.1. The second kappa shape index (κ2) is 12.2. The first-order valence-electron chi connectivity index (χ1n) is 10.2. The van der Waals surface area contributed by atoms with E-state index in [9.17, 15) is 14.4 Å². The monoisotopic (exact) mass is 483 g/mol. The maximum atomic E-state index is 13.2. The van der Waals surface area contributed by atoms with Gasteiger partial charge in [0, 0.05) is 22.6 Å². The predicted octanol–water partition coefficient (Wildman–Crippen LogP) is 4.28. The second-order valence-corrected chi connectivity index (χ2v) is 7.72. The number of nitrogens with one attached hydrogen (secondary N) is 2. The summed E-state index contributed by atoms with van der Waals surface area (Å²) < 4.78 is 0. The van der Waals surface area contributed by atoms with Crippen molar-refractivity contribution in [1.82, 2.24) is 0 Å². The third-order valence-electron chi connectivity index (χ3n) is 5.05. The zero-order valence-corrected chi connectivity index (χ0v) is 19.7. The second-order valence-electron chi connectivity index (χ2n) is 7.36. The van der Waals surface area contributed by atoms with Gasteiger partial charge in [0.2, 0.25) is 11.8 Å². The van der Waals surface area contributed by atoms with Crippen LogP contribution in [0.2, 0.25) is 0 Å². The summed E-state index contributed by atoms with van der Waals surface area (Å²) in [7, 11) is 0. The largest absolute Gasteiger partial charge is 0.325 e. The molecule has 0 saturated heterocycles. The van der Waals surface area contributed by atoms with Crippen LogP contribution in [0, 0.1) is 0 Å². The maximum Gasteiger partial charge on any atom is 0.242 e. The van der Waals surface area contributed by atoms with Gasteiger partial charge in [-0.2, -0.15) is 12.6 Å². The average molecular weight is 484 g/mol. The van der Waals surface area contributed by atoms with Crippen LogP contribution in [0.25, 0.3) is 0 Å². The molecule has 3 rings (SSSR count). The van der Waals surface area contributed by atoms with Crippen LogP contribution in [-0.2, 0) is 9.59 Å². The van der Waals surface area contributed by atoms with Crippen LogP contribution in [0.4, 0.5) is 11.4 Å². The molecule has 6 nitrogen and oxygen atoms in total. The third kappa shape index (κ3) is 6.68. The molecule has 2 amide bonds. The van der Waals surface area contributed by atoms with E-state index in [4.69, 9.17) is 5.73 Å². The lowest BCUT2D eigenvalue weighted by atomic mass is 9.98. The number of ketones is 1. The Morgan fingerprint density at radius 1 is 0.879 bits per heavy atom. The minimum Gasteiger partial charge on any atom is -0.325 e. The number of hydrogen-bond donors (Lipinski definition) is 4. The maximum absolute atomic E-state index is 13.2. The van der Waals surface area contributed by atoms with E-state index < -0.39 is 17.9 Å². The van der Waals surface area contributed by atoms with Crippen LogP contribution < -0.4 is 16.4 Å². The fourth-order valence-electron chi connectivity index (χ4n) is 3.12. The van der Waals surface area contributed by atoms with Crippen molar-refractivity contribution in [3.63, 3.8) is 0 Å². The summed E-state index contributed by atoms with van der Waals surface area (Å²) in [5, 5.41) is 5.56. The van der Waals surface area contributed by atoms with E-state index in [1.54, 1.807) is 49.4 Å². The van der Waals surface area contributed by atoms with Gasteiger partial charge in [0.15, 0.2) is 5.78 Å². The Balaban J connectivity index is 0.00000385. The average Bonchev–Trinajstić information content (AvgIpc) is 2.84. The number of anilines is 2. The smallest absolute Gasteiger partial charge is 0.242 e. The first kappa shape index (κ1) is 26.1. The molecular weight excluding hydrogens is 458 g/mol. The number of rotatable bonds is 8. The molecule has 8 heteroatoms. The minimum atomic E-state index is -0.780. The Bertz CT molecular complexity index is 1110. The molecular formula is C25H26ClN3O3S. The summed E-state index contributed by atoms with van der Waals surface area (Å²) in [5.41, 5.74) is 8.09. The molecule has 0 radical (unpaired) electrons. The van der Waals surface area contributed by atoms with E-state index in [-0.39, 0.29) is 35.4 Å². The number of nitrogens with two attached hydrogens (primary N) is 1. The summed E-state index contributed by atoms with van der Waals surface area (Å²) in [6, 6.07) is 22.1. The molecule has 0 bridgehead atoms. The first-order valence-corrected chi connectivity index (χ1v) is 10.8. The van der Waals surface area contributed by atoms with Crippen molar-refractivity contribution in [1.29, 1.82) is 0 Å². The molecule has 0 aliphatic carbocycles. The van der Waals surface area contributed by atoms with E-state index in [0.717, 1.165) is 5.56 Å². The summed E-state index contributed by atoms with van der Waals surface area (Å²) in [6.07, 6.45) is 0. The van der Waals surface area contributed by atoms with Gasteiger partial charge in [-0.25, -0.2) is 0 Å². The van der Waals surface area contributed by atoms with Crippen LogP contribution in [0.1, 0.15) is 34.3 Å². The number of amides is 2. The fraction of sp³-hybridized carbons (Fsp3) is 0.160. The Labute approximate surface area is 204 Å². The molecule has 0 spiro atoms. The predicted molar refractivity (Wildman–Crippen MR) is 138 cm³/mol. The lowest BCUT2D eigenvalue weighted by molar-refractivity contribution is -0.117. The molecule has 1 unspecified atom stereocenters. The minimum absolute atomic E-state index is 0. The van der Waals surface area contributed by atoms with Crippen molar-refractivity contribution in [3.05, 3.63) is 95.6 Å². The van der Waals surface area contributed by atoms with Gasteiger partial charge >= 0.3 is 0 Å². The standard InChI is InChI=1S/C25H25N3O3S.ClH/c1-16(17-8-4-2-5-9-17)24(30)28-22-13-12-19(27-25(31)21(26)15-32)14-20(22)23(29)18-10-6-3-7-11-18;/h2-14,16,21,32H,15,26H2,1H3,(H,27,31)(H,28,30);1H/t16?,21-;/m0./s1. The lowest BCUT2D eigenvalue weighted by Crippen LogP contribution is -2.37. The highest BCUT2D eigenvalue weighted by Gasteiger charge is 2.21. The summed E-state index contributed by atoms with van der Waals surface area (Å²) in [6.45, 7) is 1.80. The molecule has 0 aromatic heterocycles. The zero-order chi connectivity index (χ0) is 23.1. The van der Waals surface area contributed by atoms with Gasteiger partial charge in [0.05, 0.1) is 17.6 Å². The van der Waals surface area contributed by atoms with E-state index in [1.807, 2.05) is 36.4 Å². The molecule has 0 fully saturated rings. The van der Waals surface area contributed by atoms with Gasteiger partial charge in [-0.05, 0) is 30.7 Å². The van der Waals surface area contributed by atoms with Crippen LogP contribution in [0.5, 0.6) is 0 Å². The van der Waals surface area contributed by atoms with Crippen molar-refractivity contribution in [2.24, 2.45) is 5.73 Å². The summed E-state index contributed by atoms with van der Waals surface area (Å²) >= 11 is 4.04. The molecule has 4 N–H and O–H groups in total. The number of hydrogen-bond acceptors (Lipinski definition) is 5. The van der Waals surface area contributed by atoms with Gasteiger partial charge in [-0.15, -0.1) is 12.4 Å². The molecule has 33 heavy (non-hydrogen) atoms. The van der Waals surface area contributed by atoms with E-state index in [2.05, 4.69) is 23.3 Å². The fourth-order valence-corrected chi connectivity index (χ4v) is 3.28. The molecule has 2 atom stereocenters. The van der Waals surface area contributed by atoms with Gasteiger partial charge in [0.25, 0.3) is 0 Å². The number of carbonyl (C=O) groups excluding carboxylic acids is 3. The highest BCUT2D eigenvalue weighted by atomic mass is 35.5. The zero-order valence-electron chi connectivity index (χ0n) is 18.0. The van der Waals surface area contributed by atoms with Crippen molar-refractivity contribution in [2.75, 3.05) is 16.4 Å². The molecule has 0 aliphatic rings. The SMILES string of the molecule is CC(C(=O)Nc1ccc(NC(=O)[C@@H](N)CS)cc1C(=O)c1ccccc1)c1ccccc1.Cl. The Hall–Kier alpha value is -3.13. The highest BCUT2D eigenvalue weighted by Crippen LogP contribution is 2.26. The van der Waals surface area contributed by atoms with Crippen molar-refractivity contribution in [2.45, 2.75) is 18.9 Å². The van der Waals surface area contributed by atoms with Crippen LogP contribution in [0.3, 0.4) is 0 Å². The van der Waals surface area contributed by atoms with Gasteiger partial charge < -0.3 is 16.4 Å². The third-order valence-corrected chi connectivity index (χ3v) is 5.45. The van der Waals surface area contributed by atoms with Gasteiger partial charge in [-0.1, -0.05) is 60.7 Å². The van der Waals surface area contributed by atoms with Crippen LogP contribution >= 0.6 is 25.0 Å². The van der Waals surface area contributed by atoms with Crippen molar-refractivity contribution >= 4 is 54.0 Å². The molecule has 0 heterocycles. The number of carbonyl (C=O) groups is 3. The van der Waals surface area contributed by atoms with Crippen LogP contribution in [-0.4, -0.2) is 29.4 Å². The van der Waals surface area contributed by atoms with E-state index in [0.29, 0.717) is 16.9 Å². The Morgan fingerprint density at radius 2 is 1.48 bits per heavy atom. The molecule has 172 valence electrons. The van der Waals surface area contributed by atoms with E-state index in [1.165, 1.54) is 0 Å². The molecule has 3 aromatic carbocycles. The number of halogens is 1. The van der Waals surface area contributed by atoms with Gasteiger partial charge in [-0.3, -0.25) is 14.4 Å². The first-order chi connectivity index (χ1) is 15.4. The number of thiol groups is 1. The molecule has 0 saturated carbocycles. The van der Waals surface area contributed by atoms with Gasteiger partial charge in [0.1, 0.15) is 0 Å². The van der Waals surface area contributed by atoms with Crippen molar-refractivity contribution < 1.29 is 14.4 Å². The number of benzene rings is 3. The summed E-state index contributed by atoms with van der Waals surface area (Å²) in [5.74, 6) is -1.15. The Kier molecular flexibility index (Phi) is 9.66. The lowest BCUT2D eigenvalue weighted by Gasteiger charge is -2.17. The van der Waals surface area contributed by atoms with Crippen LogP contribution in [0.15, 0.2) is 78.9 Å². The van der Waals surface area contributed by atoms with E-state index >= 15 is 0 Å². The molecule has 3 aromatic rings. The summed E-state index contributed by atoms with van der Waals surface area (Å²) in [4.78, 5) is 38.3. The topological polar surface area (TPSA) is 101 Å². The highest BCUT2D eigenvalue weighted by molar-refractivity contribution is 7.80. The Morgan fingerprint density at radius 3 is 2.09 bits per heavy atom.